The summed E-state index contributed by atoms with van der Waals surface area (Å²) in [4.78, 5) is 17.2. The van der Waals surface area contributed by atoms with Gasteiger partial charge in [0.05, 0.1) is 7.11 Å². The van der Waals surface area contributed by atoms with Gasteiger partial charge in [-0.1, -0.05) is 36.4 Å². The van der Waals surface area contributed by atoms with Crippen molar-refractivity contribution in [1.82, 2.24) is 9.80 Å². The molecule has 4 nitrogen and oxygen atoms in total. The summed E-state index contributed by atoms with van der Waals surface area (Å²) in [5.41, 5.74) is 4.18. The first kappa shape index (κ1) is 18.1. The maximum atomic E-state index is 12.6. The minimum atomic E-state index is 0.275. The number of carbonyl (C=O) groups is 1. The van der Waals surface area contributed by atoms with Crippen LogP contribution in [0.25, 0.3) is 0 Å². The number of amides is 1. The molecule has 1 atom stereocenters. The SMILES string of the molecule is COc1ccc(CCC(=O)N2CCN(C3CCc4ccccc43)CC2)cc1. The largest absolute Gasteiger partial charge is 0.497 e. The second kappa shape index (κ2) is 8.13. The second-order valence-electron chi connectivity index (χ2n) is 7.52. The fourth-order valence-electron chi connectivity index (χ4n) is 4.40. The van der Waals surface area contributed by atoms with Gasteiger partial charge < -0.3 is 9.64 Å². The molecule has 1 heterocycles. The Kier molecular flexibility index (Phi) is 5.44. The number of rotatable bonds is 5. The molecule has 0 radical (unpaired) electrons. The second-order valence-corrected chi connectivity index (χ2v) is 7.52. The smallest absolute Gasteiger partial charge is 0.222 e. The van der Waals surface area contributed by atoms with Crippen LogP contribution in [0.5, 0.6) is 5.75 Å². The van der Waals surface area contributed by atoms with Crippen molar-refractivity contribution in [3.05, 3.63) is 65.2 Å². The normalized spacial score (nSPS) is 19.7. The highest BCUT2D eigenvalue weighted by Gasteiger charge is 2.30. The number of hydrogen-bond donors (Lipinski definition) is 0. The number of methoxy groups -OCH3 is 1. The van der Waals surface area contributed by atoms with Crippen LogP contribution in [0.3, 0.4) is 0 Å². The summed E-state index contributed by atoms with van der Waals surface area (Å²) in [6, 6.07) is 17.4. The summed E-state index contributed by atoms with van der Waals surface area (Å²) in [6.07, 6.45) is 3.77. The molecule has 2 aromatic carbocycles. The van der Waals surface area contributed by atoms with E-state index in [0.717, 1.165) is 38.3 Å². The third kappa shape index (κ3) is 4.01. The van der Waals surface area contributed by atoms with Gasteiger partial charge in [-0.25, -0.2) is 0 Å². The van der Waals surface area contributed by atoms with Gasteiger partial charge in [-0.15, -0.1) is 0 Å². The average molecular weight is 364 g/mol. The summed E-state index contributed by atoms with van der Waals surface area (Å²) in [6.45, 7) is 3.65. The van der Waals surface area contributed by atoms with E-state index >= 15 is 0 Å². The molecule has 4 heteroatoms. The van der Waals surface area contributed by atoms with Gasteiger partial charge in [-0.05, 0) is 48.1 Å². The molecule has 1 unspecified atom stereocenters. The molecular formula is C23H28N2O2. The highest BCUT2D eigenvalue weighted by Crippen LogP contribution is 2.35. The fourth-order valence-corrected chi connectivity index (χ4v) is 4.40. The van der Waals surface area contributed by atoms with Crippen molar-refractivity contribution in [3.63, 3.8) is 0 Å². The maximum absolute atomic E-state index is 12.6. The van der Waals surface area contributed by atoms with Gasteiger partial charge in [0.1, 0.15) is 5.75 Å². The van der Waals surface area contributed by atoms with Gasteiger partial charge in [-0.2, -0.15) is 0 Å². The molecule has 0 saturated carbocycles. The van der Waals surface area contributed by atoms with Crippen LogP contribution in [0.2, 0.25) is 0 Å². The van der Waals surface area contributed by atoms with Crippen LogP contribution in [0.15, 0.2) is 48.5 Å². The first-order valence-corrected chi connectivity index (χ1v) is 9.97. The molecule has 4 rings (SSSR count). The van der Waals surface area contributed by atoms with Crippen molar-refractivity contribution in [2.75, 3.05) is 33.3 Å². The molecule has 1 fully saturated rings. The van der Waals surface area contributed by atoms with Crippen LogP contribution in [-0.2, 0) is 17.6 Å². The Balaban J connectivity index is 1.27. The lowest BCUT2D eigenvalue weighted by molar-refractivity contribution is -0.133. The Labute approximate surface area is 161 Å². The third-order valence-electron chi connectivity index (χ3n) is 6.00. The predicted molar refractivity (Wildman–Crippen MR) is 107 cm³/mol. The summed E-state index contributed by atoms with van der Waals surface area (Å²) < 4.78 is 5.18. The first-order chi connectivity index (χ1) is 13.2. The number of fused-ring (bicyclic) bond motifs is 1. The molecule has 1 amide bonds. The van der Waals surface area contributed by atoms with E-state index in [0.29, 0.717) is 12.5 Å². The Bertz CT molecular complexity index is 779. The van der Waals surface area contributed by atoms with Gasteiger partial charge in [0.25, 0.3) is 0 Å². The number of nitrogens with zero attached hydrogens (tertiary/aromatic N) is 2. The van der Waals surface area contributed by atoms with Crippen LogP contribution in [-0.4, -0.2) is 49.0 Å². The van der Waals surface area contributed by atoms with E-state index in [1.54, 1.807) is 7.11 Å². The molecule has 2 aliphatic rings. The van der Waals surface area contributed by atoms with E-state index in [9.17, 15) is 4.79 Å². The number of hydrogen-bond acceptors (Lipinski definition) is 3. The van der Waals surface area contributed by atoms with Gasteiger partial charge in [0.2, 0.25) is 5.91 Å². The zero-order chi connectivity index (χ0) is 18.6. The van der Waals surface area contributed by atoms with Crippen molar-refractivity contribution < 1.29 is 9.53 Å². The van der Waals surface area contributed by atoms with Crippen molar-refractivity contribution in [1.29, 1.82) is 0 Å². The Morgan fingerprint density at radius 3 is 2.52 bits per heavy atom. The minimum absolute atomic E-state index is 0.275. The zero-order valence-electron chi connectivity index (χ0n) is 16.1. The quantitative estimate of drug-likeness (QED) is 0.815. The molecular weight excluding hydrogens is 336 g/mol. The molecule has 0 spiro atoms. The van der Waals surface area contributed by atoms with E-state index in [-0.39, 0.29) is 5.91 Å². The van der Waals surface area contributed by atoms with Crippen molar-refractivity contribution in [2.24, 2.45) is 0 Å². The zero-order valence-corrected chi connectivity index (χ0v) is 16.1. The summed E-state index contributed by atoms with van der Waals surface area (Å²) in [5.74, 6) is 1.13. The Morgan fingerprint density at radius 2 is 1.78 bits per heavy atom. The lowest BCUT2D eigenvalue weighted by Gasteiger charge is -2.38. The Hall–Kier alpha value is -2.33. The van der Waals surface area contributed by atoms with E-state index in [1.807, 2.05) is 29.2 Å². The number of piperazine rings is 1. The average Bonchev–Trinajstić information content (AvgIpc) is 3.16. The molecule has 1 saturated heterocycles. The third-order valence-corrected chi connectivity index (χ3v) is 6.00. The molecule has 142 valence electrons. The Morgan fingerprint density at radius 1 is 1.04 bits per heavy atom. The lowest BCUT2D eigenvalue weighted by Crippen LogP contribution is -2.49. The maximum Gasteiger partial charge on any atom is 0.222 e. The van der Waals surface area contributed by atoms with Crippen molar-refractivity contribution >= 4 is 5.91 Å². The van der Waals surface area contributed by atoms with Gasteiger partial charge in [0.15, 0.2) is 0 Å². The molecule has 1 aliphatic carbocycles. The molecule has 1 aliphatic heterocycles. The predicted octanol–water partition coefficient (Wildman–Crippen LogP) is 3.46. The molecule has 0 aromatic heterocycles. The number of benzene rings is 2. The summed E-state index contributed by atoms with van der Waals surface area (Å²) in [7, 11) is 1.67. The van der Waals surface area contributed by atoms with Crippen LogP contribution in [0, 0.1) is 0 Å². The summed E-state index contributed by atoms with van der Waals surface area (Å²) in [5, 5.41) is 0. The monoisotopic (exact) mass is 364 g/mol. The molecule has 0 bridgehead atoms. The van der Waals surface area contributed by atoms with Crippen molar-refractivity contribution in [3.8, 4) is 5.75 Å². The molecule has 0 N–H and O–H groups in total. The van der Waals surface area contributed by atoms with Crippen molar-refractivity contribution in [2.45, 2.75) is 31.7 Å². The van der Waals surface area contributed by atoms with E-state index in [2.05, 4.69) is 29.2 Å². The van der Waals surface area contributed by atoms with Crippen LogP contribution >= 0.6 is 0 Å². The number of ether oxygens (including phenoxy) is 1. The highest BCUT2D eigenvalue weighted by molar-refractivity contribution is 5.76. The highest BCUT2D eigenvalue weighted by atomic mass is 16.5. The number of carbonyl (C=O) groups excluding carboxylic acids is 1. The van der Waals surface area contributed by atoms with Crippen LogP contribution in [0.4, 0.5) is 0 Å². The summed E-state index contributed by atoms with van der Waals surface area (Å²) >= 11 is 0. The molecule has 2 aromatic rings. The van der Waals surface area contributed by atoms with Gasteiger partial charge in [-0.3, -0.25) is 9.69 Å². The van der Waals surface area contributed by atoms with Crippen LogP contribution < -0.4 is 4.74 Å². The lowest BCUT2D eigenvalue weighted by atomic mass is 10.1. The van der Waals surface area contributed by atoms with E-state index in [4.69, 9.17) is 4.74 Å². The van der Waals surface area contributed by atoms with E-state index in [1.165, 1.54) is 29.5 Å². The number of aryl methyl sites for hydroxylation is 2. The minimum Gasteiger partial charge on any atom is -0.497 e. The standard InChI is InChI=1S/C23H28N2O2/c1-27-20-10-6-18(7-11-20)8-13-23(26)25-16-14-24(15-17-25)22-12-9-19-4-2-3-5-21(19)22/h2-7,10-11,22H,8-9,12-17H2,1H3. The topological polar surface area (TPSA) is 32.8 Å². The molecule has 27 heavy (non-hydrogen) atoms. The fraction of sp³-hybridized carbons (Fsp3) is 0.435. The first-order valence-electron chi connectivity index (χ1n) is 9.97. The van der Waals surface area contributed by atoms with Crippen LogP contribution in [0.1, 0.15) is 35.6 Å². The van der Waals surface area contributed by atoms with Gasteiger partial charge >= 0.3 is 0 Å². The van der Waals surface area contributed by atoms with E-state index < -0.39 is 0 Å². The van der Waals surface area contributed by atoms with Gasteiger partial charge in [0, 0.05) is 38.6 Å².